The summed E-state index contributed by atoms with van der Waals surface area (Å²) < 4.78 is 0. The Morgan fingerprint density at radius 3 is 1.73 bits per heavy atom. The standard InChI is InChI=1S/C21H20Si/c1-3-22(2,20-14-12-16-8-4-6-10-18(16)20)21-15-13-17-9-5-7-11-19(17)21/h3-15,20-21H,1H2,2H3. The number of allylic oxidation sites excluding steroid dienone is 2. The predicted molar refractivity (Wildman–Crippen MR) is 98.2 cm³/mol. The molecule has 2 aromatic rings. The van der Waals surface area contributed by atoms with E-state index in [1.807, 2.05) is 0 Å². The zero-order chi connectivity index (χ0) is 15.2. The van der Waals surface area contributed by atoms with Gasteiger partial charge in [-0.1, -0.05) is 85.1 Å². The highest BCUT2D eigenvalue weighted by molar-refractivity contribution is 6.87. The van der Waals surface area contributed by atoms with E-state index in [1.54, 1.807) is 0 Å². The maximum atomic E-state index is 4.26. The summed E-state index contributed by atoms with van der Waals surface area (Å²) >= 11 is 0. The molecule has 0 bridgehead atoms. The maximum Gasteiger partial charge on any atom is 0.0967 e. The summed E-state index contributed by atoms with van der Waals surface area (Å²) in [5.41, 5.74) is 9.04. The Morgan fingerprint density at radius 1 is 0.818 bits per heavy atom. The van der Waals surface area contributed by atoms with Crippen LogP contribution in [0, 0.1) is 0 Å². The van der Waals surface area contributed by atoms with E-state index in [9.17, 15) is 0 Å². The lowest BCUT2D eigenvalue weighted by atomic mass is 10.1. The first-order valence-corrected chi connectivity index (χ1v) is 10.6. The van der Waals surface area contributed by atoms with Crippen molar-refractivity contribution in [1.82, 2.24) is 0 Å². The summed E-state index contributed by atoms with van der Waals surface area (Å²) in [6, 6.07) is 17.6. The minimum Gasteiger partial charge on any atom is -0.107 e. The number of hydrogen-bond acceptors (Lipinski definition) is 0. The number of benzene rings is 2. The number of fused-ring (bicyclic) bond motifs is 2. The van der Waals surface area contributed by atoms with Crippen LogP contribution in [-0.4, -0.2) is 8.07 Å². The highest BCUT2D eigenvalue weighted by atomic mass is 28.3. The lowest BCUT2D eigenvalue weighted by Gasteiger charge is -2.36. The van der Waals surface area contributed by atoms with Gasteiger partial charge in [0.1, 0.15) is 0 Å². The molecule has 0 aromatic heterocycles. The van der Waals surface area contributed by atoms with Gasteiger partial charge in [0, 0.05) is 11.1 Å². The van der Waals surface area contributed by atoms with Crippen LogP contribution in [0.3, 0.4) is 0 Å². The van der Waals surface area contributed by atoms with Gasteiger partial charge in [-0.15, -0.1) is 6.58 Å². The summed E-state index contributed by atoms with van der Waals surface area (Å²) in [6.07, 6.45) is 9.40. The Labute approximate surface area is 133 Å². The van der Waals surface area contributed by atoms with Gasteiger partial charge >= 0.3 is 0 Å². The molecule has 2 atom stereocenters. The number of rotatable bonds is 3. The fourth-order valence-electron chi connectivity index (χ4n) is 4.03. The SMILES string of the molecule is C=C[Si](C)(C1C=Cc2ccccc21)C1C=Cc2ccccc21. The third-order valence-electron chi connectivity index (χ3n) is 5.38. The minimum absolute atomic E-state index is 0.516. The van der Waals surface area contributed by atoms with Crippen LogP contribution in [-0.2, 0) is 0 Å². The van der Waals surface area contributed by atoms with Crippen LogP contribution >= 0.6 is 0 Å². The zero-order valence-corrected chi connectivity index (χ0v) is 13.9. The van der Waals surface area contributed by atoms with Crippen LogP contribution in [0.5, 0.6) is 0 Å². The third kappa shape index (κ3) is 1.82. The molecule has 0 heterocycles. The van der Waals surface area contributed by atoms with Gasteiger partial charge in [-0.3, -0.25) is 0 Å². The van der Waals surface area contributed by atoms with E-state index >= 15 is 0 Å². The van der Waals surface area contributed by atoms with Crippen LogP contribution < -0.4 is 0 Å². The molecule has 0 nitrogen and oxygen atoms in total. The molecular weight excluding hydrogens is 280 g/mol. The van der Waals surface area contributed by atoms with Crippen LogP contribution in [0.25, 0.3) is 12.2 Å². The van der Waals surface area contributed by atoms with E-state index in [1.165, 1.54) is 22.3 Å². The van der Waals surface area contributed by atoms with Gasteiger partial charge in [0.15, 0.2) is 0 Å². The van der Waals surface area contributed by atoms with E-state index in [0.717, 1.165) is 0 Å². The van der Waals surface area contributed by atoms with Crippen molar-refractivity contribution in [3.63, 3.8) is 0 Å². The Bertz CT molecular complexity index is 736. The van der Waals surface area contributed by atoms with Gasteiger partial charge in [-0.25, -0.2) is 0 Å². The molecule has 0 N–H and O–H groups in total. The first kappa shape index (κ1) is 13.5. The second-order valence-corrected chi connectivity index (χ2v) is 10.9. The second kappa shape index (κ2) is 4.96. The molecular formula is C21H20Si. The fraction of sp³-hybridized carbons (Fsp3) is 0.143. The van der Waals surface area contributed by atoms with Gasteiger partial charge in [-0.05, 0) is 22.3 Å². The first-order chi connectivity index (χ1) is 10.7. The van der Waals surface area contributed by atoms with Gasteiger partial charge in [0.25, 0.3) is 0 Å². The molecule has 0 aliphatic heterocycles. The molecule has 4 rings (SSSR count). The summed E-state index contributed by atoms with van der Waals surface area (Å²) in [5, 5.41) is 0. The minimum atomic E-state index is -1.77. The van der Waals surface area contributed by atoms with Crippen molar-refractivity contribution >= 4 is 20.2 Å². The topological polar surface area (TPSA) is 0 Å². The molecule has 0 saturated carbocycles. The zero-order valence-electron chi connectivity index (χ0n) is 12.9. The normalized spacial score (nSPS) is 23.9. The Balaban J connectivity index is 1.81. The molecule has 0 radical (unpaired) electrons. The van der Waals surface area contributed by atoms with Crippen molar-refractivity contribution in [3.05, 3.63) is 95.2 Å². The van der Waals surface area contributed by atoms with Crippen molar-refractivity contribution in [2.24, 2.45) is 0 Å². The lowest BCUT2D eigenvalue weighted by molar-refractivity contribution is 1.06. The monoisotopic (exact) mass is 300 g/mol. The molecule has 0 spiro atoms. The average molecular weight is 300 g/mol. The van der Waals surface area contributed by atoms with Crippen molar-refractivity contribution < 1.29 is 0 Å². The fourth-order valence-corrected chi connectivity index (χ4v) is 7.81. The van der Waals surface area contributed by atoms with E-state index in [-0.39, 0.29) is 0 Å². The molecule has 0 amide bonds. The summed E-state index contributed by atoms with van der Waals surface area (Å²) in [7, 11) is -1.77. The van der Waals surface area contributed by atoms with Gasteiger partial charge < -0.3 is 0 Å². The smallest absolute Gasteiger partial charge is 0.0967 e. The van der Waals surface area contributed by atoms with Gasteiger partial charge in [-0.2, -0.15) is 0 Å². The molecule has 0 saturated heterocycles. The number of hydrogen-bond donors (Lipinski definition) is 0. The molecule has 2 unspecified atom stereocenters. The molecule has 0 fully saturated rings. The second-order valence-electron chi connectivity index (χ2n) is 6.50. The lowest BCUT2D eigenvalue weighted by Crippen LogP contribution is -2.41. The van der Waals surface area contributed by atoms with Crippen LogP contribution in [0.2, 0.25) is 6.55 Å². The van der Waals surface area contributed by atoms with Crippen molar-refractivity contribution in [1.29, 1.82) is 0 Å². The Morgan fingerprint density at radius 2 is 1.27 bits per heavy atom. The molecule has 1 heteroatoms. The average Bonchev–Trinajstić information content (AvgIpc) is 3.19. The summed E-state index contributed by atoms with van der Waals surface area (Å²) in [6.45, 7) is 6.74. The van der Waals surface area contributed by atoms with Crippen molar-refractivity contribution in [2.75, 3.05) is 0 Å². The van der Waals surface area contributed by atoms with E-state index in [4.69, 9.17) is 0 Å². The third-order valence-corrected chi connectivity index (χ3v) is 9.95. The van der Waals surface area contributed by atoms with Crippen LogP contribution in [0.15, 0.2) is 73.0 Å². The highest BCUT2D eigenvalue weighted by Crippen LogP contribution is 2.47. The van der Waals surface area contributed by atoms with Gasteiger partial charge in [0.2, 0.25) is 0 Å². The van der Waals surface area contributed by atoms with E-state index in [2.05, 4.69) is 91.7 Å². The molecule has 2 aromatic carbocycles. The van der Waals surface area contributed by atoms with Crippen molar-refractivity contribution in [3.8, 4) is 0 Å². The first-order valence-electron chi connectivity index (χ1n) is 7.92. The largest absolute Gasteiger partial charge is 0.107 e. The van der Waals surface area contributed by atoms with Crippen LogP contribution in [0.1, 0.15) is 33.3 Å². The summed E-state index contributed by atoms with van der Waals surface area (Å²) in [4.78, 5) is 0. The quantitative estimate of drug-likeness (QED) is 0.657. The molecule has 22 heavy (non-hydrogen) atoms. The predicted octanol–water partition coefficient (Wildman–Crippen LogP) is 5.49. The Kier molecular flexibility index (Phi) is 3.05. The summed E-state index contributed by atoms with van der Waals surface area (Å²) in [5.74, 6) is 0. The van der Waals surface area contributed by atoms with Crippen molar-refractivity contribution in [2.45, 2.75) is 17.6 Å². The Hall–Kier alpha value is -2.12. The molecule has 108 valence electrons. The van der Waals surface area contributed by atoms with Crippen LogP contribution in [0.4, 0.5) is 0 Å². The molecule has 2 aliphatic rings. The highest BCUT2D eigenvalue weighted by Gasteiger charge is 2.43. The van der Waals surface area contributed by atoms with E-state index < -0.39 is 8.07 Å². The maximum absolute atomic E-state index is 4.26. The van der Waals surface area contributed by atoms with Gasteiger partial charge in [0.05, 0.1) is 8.07 Å². The molecule has 2 aliphatic carbocycles. The van der Waals surface area contributed by atoms with E-state index in [0.29, 0.717) is 11.1 Å².